The van der Waals surface area contributed by atoms with Gasteiger partial charge in [0.25, 0.3) is 0 Å². The molecule has 4 heteroatoms. The molecule has 0 atom stereocenters. The number of hydrogen-bond donors (Lipinski definition) is 2. The van der Waals surface area contributed by atoms with Gasteiger partial charge in [-0.1, -0.05) is 24.4 Å². The van der Waals surface area contributed by atoms with Crippen molar-refractivity contribution in [3.63, 3.8) is 0 Å². The Morgan fingerprint density at radius 1 is 1.41 bits per heavy atom. The van der Waals surface area contributed by atoms with Crippen LogP contribution in [0.2, 0.25) is 5.02 Å². The van der Waals surface area contributed by atoms with Gasteiger partial charge in [0.15, 0.2) is 0 Å². The standard InChI is InChI=1S/C13H15ClN2O/c14-11-3-4-12(10(7-11)8-15)16-9-13(17)5-1-2-6-13/h3-4,7,16-17H,1-2,5-6,9H2. The summed E-state index contributed by atoms with van der Waals surface area (Å²) in [6.07, 6.45) is 3.80. The molecule has 0 unspecified atom stereocenters. The first-order valence-corrected chi connectivity index (χ1v) is 6.17. The molecule has 1 aromatic carbocycles. The fourth-order valence-electron chi connectivity index (χ4n) is 2.23. The normalized spacial score (nSPS) is 17.7. The molecule has 90 valence electrons. The summed E-state index contributed by atoms with van der Waals surface area (Å²) in [6, 6.07) is 7.24. The van der Waals surface area contributed by atoms with Gasteiger partial charge in [-0.2, -0.15) is 5.26 Å². The van der Waals surface area contributed by atoms with Crippen LogP contribution in [0.4, 0.5) is 5.69 Å². The van der Waals surface area contributed by atoms with Gasteiger partial charge in [-0.3, -0.25) is 0 Å². The summed E-state index contributed by atoms with van der Waals surface area (Å²) < 4.78 is 0. The van der Waals surface area contributed by atoms with Crippen LogP contribution >= 0.6 is 11.6 Å². The summed E-state index contributed by atoms with van der Waals surface area (Å²) in [5.74, 6) is 0. The Balaban J connectivity index is 2.06. The summed E-state index contributed by atoms with van der Waals surface area (Å²) in [5, 5.41) is 22.9. The SMILES string of the molecule is N#Cc1cc(Cl)ccc1NCC1(O)CCCC1. The van der Waals surface area contributed by atoms with Gasteiger partial charge in [-0.15, -0.1) is 0 Å². The number of benzene rings is 1. The zero-order chi connectivity index (χ0) is 12.3. The molecule has 0 saturated heterocycles. The molecule has 2 rings (SSSR count). The molecule has 3 nitrogen and oxygen atoms in total. The van der Waals surface area contributed by atoms with Crippen molar-refractivity contribution in [1.29, 1.82) is 5.26 Å². The number of rotatable bonds is 3. The van der Waals surface area contributed by atoms with Gasteiger partial charge in [0, 0.05) is 11.6 Å². The molecule has 1 saturated carbocycles. The summed E-state index contributed by atoms with van der Waals surface area (Å²) in [5.41, 5.74) is 0.628. The second-order valence-corrected chi connectivity index (χ2v) is 5.02. The lowest BCUT2D eigenvalue weighted by Crippen LogP contribution is -2.33. The number of hydrogen-bond acceptors (Lipinski definition) is 3. The van der Waals surface area contributed by atoms with Crippen LogP contribution in [0.1, 0.15) is 31.2 Å². The quantitative estimate of drug-likeness (QED) is 0.867. The van der Waals surface area contributed by atoms with Crippen LogP contribution < -0.4 is 5.32 Å². The van der Waals surface area contributed by atoms with E-state index in [1.54, 1.807) is 18.2 Å². The number of nitrogens with zero attached hydrogens (tertiary/aromatic N) is 1. The van der Waals surface area contributed by atoms with Crippen LogP contribution in [0, 0.1) is 11.3 Å². The van der Waals surface area contributed by atoms with E-state index in [0.29, 0.717) is 17.1 Å². The first kappa shape index (κ1) is 12.2. The predicted octanol–water partition coefficient (Wildman–Crippen LogP) is 2.93. The second kappa shape index (κ2) is 4.95. The van der Waals surface area contributed by atoms with Crippen LogP contribution in [0.25, 0.3) is 0 Å². The molecule has 0 spiro atoms. The molecule has 0 heterocycles. The van der Waals surface area contributed by atoms with E-state index < -0.39 is 5.60 Å². The Bertz CT molecular complexity index is 447. The summed E-state index contributed by atoms with van der Waals surface area (Å²) in [7, 11) is 0. The first-order chi connectivity index (χ1) is 8.13. The number of anilines is 1. The van der Waals surface area contributed by atoms with E-state index in [1.165, 1.54) is 0 Å². The number of nitrogens with one attached hydrogen (secondary N) is 1. The number of aliphatic hydroxyl groups is 1. The van der Waals surface area contributed by atoms with Gasteiger partial charge in [-0.25, -0.2) is 0 Å². The molecule has 0 aromatic heterocycles. The van der Waals surface area contributed by atoms with Crippen LogP contribution in [-0.2, 0) is 0 Å². The Kier molecular flexibility index (Phi) is 3.56. The molecule has 2 N–H and O–H groups in total. The topological polar surface area (TPSA) is 56.0 Å². The van der Waals surface area contributed by atoms with Crippen molar-refractivity contribution in [2.24, 2.45) is 0 Å². The minimum absolute atomic E-state index is 0.489. The fraction of sp³-hybridized carbons (Fsp3) is 0.462. The fourth-order valence-corrected chi connectivity index (χ4v) is 2.40. The molecule has 17 heavy (non-hydrogen) atoms. The summed E-state index contributed by atoms with van der Waals surface area (Å²) in [6.45, 7) is 0.489. The summed E-state index contributed by atoms with van der Waals surface area (Å²) >= 11 is 5.82. The molecule has 0 bridgehead atoms. The maximum atomic E-state index is 10.2. The van der Waals surface area contributed by atoms with Gasteiger partial charge < -0.3 is 10.4 Å². The molecular weight excluding hydrogens is 236 g/mol. The van der Waals surface area contributed by atoms with Crippen molar-refractivity contribution in [3.8, 4) is 6.07 Å². The Labute approximate surface area is 106 Å². The maximum Gasteiger partial charge on any atom is 0.101 e. The first-order valence-electron chi connectivity index (χ1n) is 5.79. The van der Waals surface area contributed by atoms with Crippen molar-refractivity contribution < 1.29 is 5.11 Å². The lowest BCUT2D eigenvalue weighted by atomic mass is 10.0. The smallest absolute Gasteiger partial charge is 0.101 e. The number of nitriles is 1. The van der Waals surface area contributed by atoms with E-state index in [-0.39, 0.29) is 0 Å². The monoisotopic (exact) mass is 250 g/mol. The van der Waals surface area contributed by atoms with E-state index in [4.69, 9.17) is 16.9 Å². The lowest BCUT2D eigenvalue weighted by Gasteiger charge is -2.23. The molecular formula is C13H15ClN2O. The molecule has 0 amide bonds. The number of halogens is 1. The highest BCUT2D eigenvalue weighted by Crippen LogP contribution is 2.30. The highest BCUT2D eigenvalue weighted by molar-refractivity contribution is 6.30. The maximum absolute atomic E-state index is 10.2. The van der Waals surface area contributed by atoms with E-state index in [9.17, 15) is 5.11 Å². The average Bonchev–Trinajstić information content (AvgIpc) is 2.75. The van der Waals surface area contributed by atoms with Crippen molar-refractivity contribution in [1.82, 2.24) is 0 Å². The minimum atomic E-state index is -0.619. The Hall–Kier alpha value is -1.24. The predicted molar refractivity (Wildman–Crippen MR) is 68.1 cm³/mol. The zero-order valence-corrected chi connectivity index (χ0v) is 10.3. The third-order valence-corrected chi connectivity index (χ3v) is 3.48. The molecule has 1 aromatic rings. The largest absolute Gasteiger partial charge is 0.388 e. The summed E-state index contributed by atoms with van der Waals surface area (Å²) in [4.78, 5) is 0. The van der Waals surface area contributed by atoms with E-state index in [0.717, 1.165) is 31.4 Å². The van der Waals surface area contributed by atoms with Crippen molar-refractivity contribution in [2.75, 3.05) is 11.9 Å². The Morgan fingerprint density at radius 3 is 2.76 bits per heavy atom. The van der Waals surface area contributed by atoms with Gasteiger partial charge in [0.1, 0.15) is 6.07 Å². The zero-order valence-electron chi connectivity index (χ0n) is 9.54. The highest BCUT2D eigenvalue weighted by atomic mass is 35.5. The lowest BCUT2D eigenvalue weighted by molar-refractivity contribution is 0.0615. The molecule has 0 aliphatic heterocycles. The van der Waals surface area contributed by atoms with Crippen LogP contribution in [0.15, 0.2) is 18.2 Å². The van der Waals surface area contributed by atoms with Gasteiger partial charge in [-0.05, 0) is 31.0 Å². The Morgan fingerprint density at radius 2 is 2.12 bits per heavy atom. The van der Waals surface area contributed by atoms with Crippen LogP contribution in [0.5, 0.6) is 0 Å². The van der Waals surface area contributed by atoms with Crippen molar-refractivity contribution >= 4 is 17.3 Å². The van der Waals surface area contributed by atoms with Gasteiger partial charge in [0.2, 0.25) is 0 Å². The second-order valence-electron chi connectivity index (χ2n) is 4.59. The van der Waals surface area contributed by atoms with E-state index in [2.05, 4.69) is 11.4 Å². The van der Waals surface area contributed by atoms with Gasteiger partial charge in [0.05, 0.1) is 16.9 Å². The van der Waals surface area contributed by atoms with Crippen molar-refractivity contribution in [3.05, 3.63) is 28.8 Å². The minimum Gasteiger partial charge on any atom is -0.388 e. The van der Waals surface area contributed by atoms with Crippen molar-refractivity contribution in [2.45, 2.75) is 31.3 Å². The van der Waals surface area contributed by atoms with Crippen LogP contribution in [0.3, 0.4) is 0 Å². The average molecular weight is 251 g/mol. The van der Waals surface area contributed by atoms with E-state index in [1.807, 2.05) is 0 Å². The molecule has 0 radical (unpaired) electrons. The molecule has 1 aliphatic rings. The van der Waals surface area contributed by atoms with Gasteiger partial charge >= 0.3 is 0 Å². The third-order valence-electron chi connectivity index (χ3n) is 3.24. The van der Waals surface area contributed by atoms with E-state index >= 15 is 0 Å². The highest BCUT2D eigenvalue weighted by Gasteiger charge is 2.30. The van der Waals surface area contributed by atoms with Crippen LogP contribution in [-0.4, -0.2) is 17.3 Å². The molecule has 1 aliphatic carbocycles. The molecule has 1 fully saturated rings. The third kappa shape index (κ3) is 2.91.